The molecule has 0 saturated heterocycles. The summed E-state index contributed by atoms with van der Waals surface area (Å²) in [7, 11) is 0. The number of hydrogen-bond donors (Lipinski definition) is 0. The molecule has 0 bridgehead atoms. The Balaban J connectivity index is 1.65. The van der Waals surface area contributed by atoms with Crippen LogP contribution in [-0.4, -0.2) is 37.9 Å². The van der Waals surface area contributed by atoms with Crippen LogP contribution >= 0.6 is 0 Å². The fourth-order valence-electron chi connectivity index (χ4n) is 3.86. The van der Waals surface area contributed by atoms with E-state index < -0.39 is 0 Å². The molecule has 0 N–H and O–H groups in total. The zero-order valence-corrected chi connectivity index (χ0v) is 17.2. The molecule has 0 aromatic heterocycles. The second-order valence-corrected chi connectivity index (χ2v) is 7.77. The van der Waals surface area contributed by atoms with Crippen molar-refractivity contribution in [1.29, 1.82) is 0 Å². The summed E-state index contributed by atoms with van der Waals surface area (Å²) in [6, 6.07) is 11.8. The first-order valence-electron chi connectivity index (χ1n) is 10.4. The maximum Gasteiger partial charge on any atom is 0.182 e. The van der Waals surface area contributed by atoms with Crippen molar-refractivity contribution in [2.24, 2.45) is 4.99 Å². The molecule has 2 aromatic rings. The number of nitrogens with zero attached hydrogens (tertiary/aromatic N) is 2. The van der Waals surface area contributed by atoms with Crippen molar-refractivity contribution in [3.8, 4) is 11.5 Å². The van der Waals surface area contributed by atoms with Crippen LogP contribution in [0.1, 0.15) is 47.2 Å². The number of fused-ring (bicyclic) bond motifs is 1. The van der Waals surface area contributed by atoms with Gasteiger partial charge in [-0.2, -0.15) is 0 Å². The Morgan fingerprint density at radius 3 is 2.69 bits per heavy atom. The highest BCUT2D eigenvalue weighted by molar-refractivity contribution is 6.07. The highest BCUT2D eigenvalue weighted by atomic mass is 16.6. The molecular formula is C24H28N2O3. The predicted molar refractivity (Wildman–Crippen MR) is 116 cm³/mol. The van der Waals surface area contributed by atoms with E-state index in [1.165, 1.54) is 12.0 Å². The molecule has 0 saturated carbocycles. The Bertz CT molecular complexity index is 936. The predicted octanol–water partition coefficient (Wildman–Crippen LogP) is 4.74. The topological polar surface area (TPSA) is 51.1 Å². The van der Waals surface area contributed by atoms with Gasteiger partial charge in [0.15, 0.2) is 17.3 Å². The summed E-state index contributed by atoms with van der Waals surface area (Å²) in [5.74, 6) is 2.41. The second kappa shape index (κ2) is 8.68. The first-order chi connectivity index (χ1) is 14.1. The van der Waals surface area contributed by atoms with Gasteiger partial charge in [0.2, 0.25) is 0 Å². The van der Waals surface area contributed by atoms with E-state index in [0.717, 1.165) is 42.9 Å². The number of Topliss-reactive ketones (excluding diaryl/α,β-unsaturated/α-hetero) is 1. The van der Waals surface area contributed by atoms with Crippen LogP contribution in [0.4, 0.5) is 5.69 Å². The van der Waals surface area contributed by atoms with Gasteiger partial charge in [-0.1, -0.05) is 18.6 Å². The molecule has 29 heavy (non-hydrogen) atoms. The number of carbonyl (C=O) groups excluding carboxylic acids is 1. The van der Waals surface area contributed by atoms with Gasteiger partial charge in [-0.05, 0) is 62.1 Å². The highest BCUT2D eigenvalue weighted by Gasteiger charge is 2.22. The number of benzene rings is 2. The summed E-state index contributed by atoms with van der Waals surface area (Å²) in [4.78, 5) is 20.2. The van der Waals surface area contributed by atoms with Crippen molar-refractivity contribution in [1.82, 2.24) is 0 Å². The number of aryl methyl sites for hydroxylation is 2. The first kappa shape index (κ1) is 19.5. The third-order valence-electron chi connectivity index (χ3n) is 5.49. The number of rotatable bonds is 4. The molecule has 0 amide bonds. The average molecular weight is 392 g/mol. The minimum Gasteiger partial charge on any atom is -0.486 e. The minimum atomic E-state index is 0.0508. The zero-order valence-electron chi connectivity index (χ0n) is 17.2. The number of aliphatic imine (C=N–C) groups is 1. The monoisotopic (exact) mass is 392 g/mol. The second-order valence-electron chi connectivity index (χ2n) is 7.77. The fraction of sp³-hybridized carbons (Fsp3) is 0.417. The third kappa shape index (κ3) is 4.44. The minimum absolute atomic E-state index is 0.0508. The largest absolute Gasteiger partial charge is 0.486 e. The SMILES string of the molecule is Cc1ccc(C)c(N(CC(=O)c2ccc3c(c2)OCCO3)C2=NCCCCC2)c1. The van der Waals surface area contributed by atoms with Crippen LogP contribution in [0.5, 0.6) is 11.5 Å². The van der Waals surface area contributed by atoms with Crippen molar-refractivity contribution >= 4 is 17.3 Å². The lowest BCUT2D eigenvalue weighted by atomic mass is 10.1. The van der Waals surface area contributed by atoms with Crippen molar-refractivity contribution in [2.45, 2.75) is 39.5 Å². The number of ether oxygens (including phenoxy) is 2. The van der Waals surface area contributed by atoms with E-state index in [1.807, 2.05) is 12.1 Å². The van der Waals surface area contributed by atoms with Gasteiger partial charge in [-0.15, -0.1) is 0 Å². The molecule has 0 spiro atoms. The molecule has 0 unspecified atom stereocenters. The molecule has 152 valence electrons. The Morgan fingerprint density at radius 1 is 1.00 bits per heavy atom. The normalized spacial score (nSPS) is 16.0. The number of carbonyl (C=O) groups is 1. The van der Waals surface area contributed by atoms with E-state index in [-0.39, 0.29) is 12.3 Å². The molecule has 0 radical (unpaired) electrons. The standard InChI is InChI=1S/C24H28N2O3/c1-17-7-8-18(2)20(14-17)26(24-6-4-3-5-11-25-24)16-21(27)19-9-10-22-23(15-19)29-13-12-28-22/h7-10,14-15H,3-6,11-13,16H2,1-2H3. The Kier molecular flexibility index (Phi) is 5.84. The maximum atomic E-state index is 13.2. The van der Waals surface area contributed by atoms with Gasteiger partial charge < -0.3 is 14.4 Å². The van der Waals surface area contributed by atoms with Gasteiger partial charge in [0.05, 0.1) is 6.54 Å². The van der Waals surface area contributed by atoms with E-state index in [4.69, 9.17) is 14.5 Å². The quantitative estimate of drug-likeness (QED) is 0.706. The average Bonchev–Trinajstić information content (AvgIpc) is 3.03. The lowest BCUT2D eigenvalue weighted by Gasteiger charge is -2.28. The molecule has 5 nitrogen and oxygen atoms in total. The van der Waals surface area contributed by atoms with Gasteiger partial charge in [0, 0.05) is 24.2 Å². The zero-order chi connectivity index (χ0) is 20.2. The lowest BCUT2D eigenvalue weighted by molar-refractivity contribution is 0.100. The summed E-state index contributed by atoms with van der Waals surface area (Å²) in [5, 5.41) is 0. The Labute approximate surface area is 172 Å². The smallest absolute Gasteiger partial charge is 0.182 e. The fourth-order valence-corrected chi connectivity index (χ4v) is 3.86. The molecule has 4 rings (SSSR count). The highest BCUT2D eigenvalue weighted by Crippen LogP contribution is 2.31. The summed E-state index contributed by atoms with van der Waals surface area (Å²) in [6.07, 6.45) is 4.31. The van der Waals surface area contributed by atoms with Crippen molar-refractivity contribution in [3.63, 3.8) is 0 Å². The number of hydrogen-bond acceptors (Lipinski definition) is 5. The molecule has 2 heterocycles. The third-order valence-corrected chi connectivity index (χ3v) is 5.49. The molecule has 0 atom stereocenters. The van der Waals surface area contributed by atoms with Crippen LogP contribution < -0.4 is 14.4 Å². The van der Waals surface area contributed by atoms with Crippen LogP contribution in [0.15, 0.2) is 41.4 Å². The van der Waals surface area contributed by atoms with Crippen LogP contribution in [0.3, 0.4) is 0 Å². The maximum absolute atomic E-state index is 13.2. The Morgan fingerprint density at radius 2 is 1.83 bits per heavy atom. The van der Waals surface area contributed by atoms with Crippen LogP contribution in [0.2, 0.25) is 0 Å². The van der Waals surface area contributed by atoms with E-state index in [1.54, 1.807) is 6.07 Å². The molecule has 2 aromatic carbocycles. The van der Waals surface area contributed by atoms with E-state index in [2.05, 4.69) is 36.9 Å². The van der Waals surface area contributed by atoms with Crippen molar-refractivity contribution < 1.29 is 14.3 Å². The number of ketones is 1. The van der Waals surface area contributed by atoms with Crippen LogP contribution in [-0.2, 0) is 0 Å². The number of anilines is 1. The summed E-state index contributed by atoms with van der Waals surface area (Å²) in [6.45, 7) is 6.32. The Hall–Kier alpha value is -2.82. The van der Waals surface area contributed by atoms with Gasteiger partial charge in [0.1, 0.15) is 19.0 Å². The summed E-state index contributed by atoms with van der Waals surface area (Å²) < 4.78 is 11.2. The van der Waals surface area contributed by atoms with Gasteiger partial charge in [-0.3, -0.25) is 9.79 Å². The lowest BCUT2D eigenvalue weighted by Crippen LogP contribution is -2.36. The van der Waals surface area contributed by atoms with Crippen molar-refractivity contribution in [3.05, 3.63) is 53.1 Å². The van der Waals surface area contributed by atoms with E-state index >= 15 is 0 Å². The van der Waals surface area contributed by atoms with Gasteiger partial charge in [0.25, 0.3) is 0 Å². The van der Waals surface area contributed by atoms with E-state index in [0.29, 0.717) is 30.3 Å². The molecule has 0 aliphatic carbocycles. The molecule has 5 heteroatoms. The summed E-state index contributed by atoms with van der Waals surface area (Å²) >= 11 is 0. The molecule has 2 aliphatic rings. The summed E-state index contributed by atoms with van der Waals surface area (Å²) in [5.41, 5.74) is 4.03. The van der Waals surface area contributed by atoms with E-state index in [9.17, 15) is 4.79 Å². The number of amidine groups is 1. The molecule has 2 aliphatic heterocycles. The van der Waals surface area contributed by atoms with Crippen LogP contribution in [0, 0.1) is 13.8 Å². The van der Waals surface area contributed by atoms with Crippen LogP contribution in [0.25, 0.3) is 0 Å². The molecular weight excluding hydrogens is 364 g/mol. The van der Waals surface area contributed by atoms with Gasteiger partial charge in [-0.25, -0.2) is 0 Å². The van der Waals surface area contributed by atoms with Crippen molar-refractivity contribution in [2.75, 3.05) is 31.2 Å². The molecule has 0 fully saturated rings. The first-order valence-corrected chi connectivity index (χ1v) is 10.4. The van der Waals surface area contributed by atoms with Gasteiger partial charge >= 0.3 is 0 Å².